The number of aryl methyl sites for hydroxylation is 1. The predicted molar refractivity (Wildman–Crippen MR) is 92.3 cm³/mol. The molecule has 132 valence electrons. The van der Waals surface area contributed by atoms with Gasteiger partial charge in [0.25, 0.3) is 5.91 Å². The van der Waals surface area contributed by atoms with E-state index >= 15 is 0 Å². The first-order chi connectivity index (χ1) is 11.4. The number of piperidine rings is 1. The van der Waals surface area contributed by atoms with Crippen molar-refractivity contribution in [1.29, 1.82) is 0 Å². The highest BCUT2D eigenvalue weighted by atomic mass is 19.1. The standard InChI is InChI=1S/C19H27FN2O2/c1-4-5-11-21-18(24)19(3)10-6-7-12-22(19)17(23)15-9-8-14(2)16(20)13-15/h8-9,13H,4-7,10-12H2,1-3H3,(H,21,24). The van der Waals surface area contributed by atoms with E-state index in [2.05, 4.69) is 12.2 Å². The van der Waals surface area contributed by atoms with Crippen molar-refractivity contribution in [2.75, 3.05) is 13.1 Å². The van der Waals surface area contributed by atoms with Crippen LogP contribution in [0.3, 0.4) is 0 Å². The number of carbonyl (C=O) groups excluding carboxylic acids is 2. The van der Waals surface area contributed by atoms with E-state index in [9.17, 15) is 14.0 Å². The zero-order valence-electron chi connectivity index (χ0n) is 14.8. The van der Waals surface area contributed by atoms with Gasteiger partial charge in [0.15, 0.2) is 0 Å². The van der Waals surface area contributed by atoms with E-state index in [0.29, 0.717) is 30.6 Å². The van der Waals surface area contributed by atoms with E-state index in [4.69, 9.17) is 0 Å². The molecule has 1 fully saturated rings. The van der Waals surface area contributed by atoms with Gasteiger partial charge < -0.3 is 10.2 Å². The molecule has 1 saturated heterocycles. The van der Waals surface area contributed by atoms with Crippen molar-refractivity contribution in [3.05, 3.63) is 35.1 Å². The van der Waals surface area contributed by atoms with Crippen LogP contribution < -0.4 is 5.32 Å². The lowest BCUT2D eigenvalue weighted by Gasteiger charge is -2.43. The molecule has 2 amide bonds. The van der Waals surface area contributed by atoms with Gasteiger partial charge in [0.1, 0.15) is 11.4 Å². The summed E-state index contributed by atoms with van der Waals surface area (Å²) in [6.07, 6.45) is 4.31. The summed E-state index contributed by atoms with van der Waals surface area (Å²) in [5, 5.41) is 2.94. The number of likely N-dealkylation sites (tertiary alicyclic amines) is 1. The molecular weight excluding hydrogens is 307 g/mol. The molecule has 0 saturated carbocycles. The van der Waals surface area contributed by atoms with Crippen molar-refractivity contribution in [2.45, 2.75) is 58.4 Å². The van der Waals surface area contributed by atoms with Crippen LogP contribution >= 0.6 is 0 Å². The van der Waals surface area contributed by atoms with Crippen LogP contribution in [0.2, 0.25) is 0 Å². The summed E-state index contributed by atoms with van der Waals surface area (Å²) in [5.41, 5.74) is -0.0670. The Kier molecular flexibility index (Phi) is 5.97. The number of nitrogens with zero attached hydrogens (tertiary/aromatic N) is 1. The number of hydrogen-bond acceptors (Lipinski definition) is 2. The second kappa shape index (κ2) is 7.77. The number of halogens is 1. The molecule has 2 rings (SSSR count). The van der Waals surface area contributed by atoms with Gasteiger partial charge in [-0.05, 0) is 57.2 Å². The minimum Gasteiger partial charge on any atom is -0.354 e. The molecule has 1 N–H and O–H groups in total. The summed E-state index contributed by atoms with van der Waals surface area (Å²) in [5.74, 6) is -0.787. The van der Waals surface area contributed by atoms with Gasteiger partial charge >= 0.3 is 0 Å². The number of rotatable bonds is 5. The van der Waals surface area contributed by atoms with Crippen LogP contribution in [0.4, 0.5) is 4.39 Å². The molecule has 1 unspecified atom stereocenters. The summed E-state index contributed by atoms with van der Waals surface area (Å²) < 4.78 is 13.8. The minimum atomic E-state index is -0.871. The van der Waals surface area contributed by atoms with Crippen LogP contribution in [0.5, 0.6) is 0 Å². The van der Waals surface area contributed by atoms with Gasteiger partial charge in [-0.3, -0.25) is 9.59 Å². The largest absolute Gasteiger partial charge is 0.354 e. The molecule has 1 heterocycles. The molecule has 5 heteroatoms. The van der Waals surface area contributed by atoms with Crippen molar-refractivity contribution in [2.24, 2.45) is 0 Å². The maximum Gasteiger partial charge on any atom is 0.254 e. The van der Waals surface area contributed by atoms with Gasteiger partial charge in [0.05, 0.1) is 0 Å². The predicted octanol–water partition coefficient (Wildman–Crippen LogP) is 3.44. The Morgan fingerprint density at radius 2 is 2.08 bits per heavy atom. The van der Waals surface area contributed by atoms with Crippen LogP contribution in [-0.4, -0.2) is 35.3 Å². The Morgan fingerprint density at radius 3 is 2.75 bits per heavy atom. The fourth-order valence-corrected chi connectivity index (χ4v) is 3.13. The lowest BCUT2D eigenvalue weighted by atomic mass is 9.86. The molecule has 0 aliphatic carbocycles. The third-order valence-electron chi connectivity index (χ3n) is 4.86. The Hall–Kier alpha value is -1.91. The van der Waals surface area contributed by atoms with Crippen LogP contribution in [0.15, 0.2) is 18.2 Å². The topological polar surface area (TPSA) is 49.4 Å². The van der Waals surface area contributed by atoms with Gasteiger partial charge in [0, 0.05) is 18.7 Å². The fourth-order valence-electron chi connectivity index (χ4n) is 3.13. The average Bonchev–Trinajstić information content (AvgIpc) is 2.57. The van der Waals surface area contributed by atoms with Crippen molar-refractivity contribution < 1.29 is 14.0 Å². The molecule has 0 radical (unpaired) electrons. The zero-order valence-corrected chi connectivity index (χ0v) is 14.8. The van der Waals surface area contributed by atoms with E-state index in [1.165, 1.54) is 6.07 Å². The van der Waals surface area contributed by atoms with Crippen molar-refractivity contribution >= 4 is 11.8 Å². The molecule has 0 aromatic heterocycles. The van der Waals surface area contributed by atoms with E-state index in [1.807, 2.05) is 6.92 Å². The smallest absolute Gasteiger partial charge is 0.254 e. The Bertz CT molecular complexity index is 617. The highest BCUT2D eigenvalue weighted by molar-refractivity contribution is 5.99. The molecule has 1 aliphatic heterocycles. The highest BCUT2D eigenvalue weighted by Gasteiger charge is 2.43. The Balaban J connectivity index is 2.22. The zero-order chi connectivity index (χ0) is 17.7. The SMILES string of the molecule is CCCCNC(=O)C1(C)CCCCN1C(=O)c1ccc(C)c(F)c1. The van der Waals surface area contributed by atoms with Gasteiger partial charge in [-0.2, -0.15) is 0 Å². The number of benzene rings is 1. The van der Waals surface area contributed by atoms with Crippen LogP contribution in [0.25, 0.3) is 0 Å². The third-order valence-corrected chi connectivity index (χ3v) is 4.86. The summed E-state index contributed by atoms with van der Waals surface area (Å²) in [4.78, 5) is 27.2. The second-order valence-corrected chi connectivity index (χ2v) is 6.76. The number of nitrogens with one attached hydrogen (secondary N) is 1. The van der Waals surface area contributed by atoms with Crippen molar-refractivity contribution in [3.63, 3.8) is 0 Å². The van der Waals surface area contributed by atoms with Crippen LogP contribution in [0.1, 0.15) is 61.9 Å². The highest BCUT2D eigenvalue weighted by Crippen LogP contribution is 2.30. The Labute approximate surface area is 143 Å². The fraction of sp³-hybridized carbons (Fsp3) is 0.579. The molecular formula is C19H27FN2O2. The lowest BCUT2D eigenvalue weighted by Crippen LogP contribution is -2.61. The summed E-state index contributed by atoms with van der Waals surface area (Å²) in [6.45, 7) is 6.68. The molecule has 1 atom stereocenters. The van der Waals surface area contributed by atoms with Crippen molar-refractivity contribution in [1.82, 2.24) is 10.2 Å². The average molecular weight is 334 g/mol. The summed E-state index contributed by atoms with van der Waals surface area (Å²) in [6, 6.07) is 4.50. The number of unbranched alkanes of at least 4 members (excludes halogenated alkanes) is 1. The molecule has 4 nitrogen and oxygen atoms in total. The second-order valence-electron chi connectivity index (χ2n) is 6.76. The van der Waals surface area contributed by atoms with Gasteiger partial charge in [-0.15, -0.1) is 0 Å². The lowest BCUT2D eigenvalue weighted by molar-refractivity contribution is -0.133. The first-order valence-electron chi connectivity index (χ1n) is 8.76. The molecule has 0 spiro atoms. The molecule has 1 aliphatic rings. The first kappa shape index (κ1) is 18.4. The normalized spacial score (nSPS) is 20.8. The van der Waals surface area contributed by atoms with Gasteiger partial charge in [-0.25, -0.2) is 4.39 Å². The first-order valence-corrected chi connectivity index (χ1v) is 8.76. The monoisotopic (exact) mass is 334 g/mol. The number of amides is 2. The maximum atomic E-state index is 13.8. The van der Waals surface area contributed by atoms with E-state index in [-0.39, 0.29) is 11.8 Å². The van der Waals surface area contributed by atoms with Crippen LogP contribution in [-0.2, 0) is 4.79 Å². The number of hydrogen-bond donors (Lipinski definition) is 1. The van der Waals surface area contributed by atoms with Gasteiger partial charge in [-0.1, -0.05) is 19.4 Å². The molecule has 24 heavy (non-hydrogen) atoms. The summed E-state index contributed by atoms with van der Waals surface area (Å²) in [7, 11) is 0. The third kappa shape index (κ3) is 3.77. The van der Waals surface area contributed by atoms with Gasteiger partial charge in [0.2, 0.25) is 5.91 Å². The van der Waals surface area contributed by atoms with Crippen LogP contribution in [0, 0.1) is 12.7 Å². The van der Waals surface area contributed by atoms with E-state index in [1.54, 1.807) is 24.0 Å². The molecule has 1 aromatic rings. The maximum absolute atomic E-state index is 13.8. The van der Waals surface area contributed by atoms with E-state index in [0.717, 1.165) is 25.7 Å². The quantitative estimate of drug-likeness (QED) is 0.839. The molecule has 0 bridgehead atoms. The van der Waals surface area contributed by atoms with Crippen molar-refractivity contribution in [3.8, 4) is 0 Å². The summed E-state index contributed by atoms with van der Waals surface area (Å²) >= 11 is 0. The Morgan fingerprint density at radius 1 is 1.33 bits per heavy atom. The number of carbonyl (C=O) groups is 2. The van der Waals surface area contributed by atoms with E-state index < -0.39 is 11.4 Å². The minimum absolute atomic E-state index is 0.114. The molecule has 1 aromatic carbocycles.